The van der Waals surface area contributed by atoms with Crippen LogP contribution in [-0.4, -0.2) is 67.4 Å². The lowest BCUT2D eigenvalue weighted by Gasteiger charge is -2.39. The van der Waals surface area contributed by atoms with Gasteiger partial charge in [0.25, 0.3) is 0 Å². The van der Waals surface area contributed by atoms with Crippen LogP contribution in [-0.2, 0) is 9.59 Å². The fourth-order valence-electron chi connectivity index (χ4n) is 4.41. The van der Waals surface area contributed by atoms with Gasteiger partial charge in [-0.3, -0.25) is 14.5 Å². The number of piperazine rings is 1. The van der Waals surface area contributed by atoms with E-state index in [1.807, 2.05) is 20.8 Å². The number of nitrogens with one attached hydrogen (secondary N) is 1. The maximum atomic E-state index is 14.0. The first-order valence-corrected chi connectivity index (χ1v) is 11.1. The molecule has 0 aliphatic carbocycles. The summed E-state index contributed by atoms with van der Waals surface area (Å²) in [5.41, 5.74) is 1.16. The Bertz CT molecular complexity index is 937. The summed E-state index contributed by atoms with van der Waals surface area (Å²) in [6, 6.07) is 12.4. The first kappa shape index (κ1) is 22.2. The average Bonchev–Trinajstić information content (AvgIpc) is 2.81. The van der Waals surface area contributed by atoms with Gasteiger partial charge in [-0.25, -0.2) is 8.78 Å². The number of amides is 2. The van der Waals surface area contributed by atoms with Crippen LogP contribution >= 0.6 is 0 Å². The highest BCUT2D eigenvalue weighted by atomic mass is 19.1. The van der Waals surface area contributed by atoms with Crippen LogP contribution in [0.25, 0.3) is 0 Å². The first-order chi connectivity index (χ1) is 15.5. The van der Waals surface area contributed by atoms with Gasteiger partial charge in [-0.1, -0.05) is 12.1 Å². The Morgan fingerprint density at radius 3 is 2.19 bits per heavy atom. The SMILES string of the molecule is O=C(CN1CCC(C(=O)N2CCN(c3ccccc3F)CC2)CC1)Nc1ccc(F)cc1. The second kappa shape index (κ2) is 10.1. The van der Waals surface area contributed by atoms with Crippen molar-refractivity contribution in [3.8, 4) is 0 Å². The number of likely N-dealkylation sites (tertiary alicyclic amines) is 1. The van der Waals surface area contributed by atoms with Crippen molar-refractivity contribution >= 4 is 23.2 Å². The number of carbonyl (C=O) groups is 2. The molecular formula is C24H28F2N4O2. The highest BCUT2D eigenvalue weighted by Crippen LogP contribution is 2.23. The molecule has 0 saturated carbocycles. The summed E-state index contributed by atoms with van der Waals surface area (Å²) in [6.45, 7) is 4.04. The Kier molecular flexibility index (Phi) is 6.99. The van der Waals surface area contributed by atoms with Crippen molar-refractivity contribution in [1.82, 2.24) is 9.80 Å². The van der Waals surface area contributed by atoms with E-state index in [2.05, 4.69) is 5.32 Å². The minimum Gasteiger partial charge on any atom is -0.366 e. The Morgan fingerprint density at radius 1 is 0.875 bits per heavy atom. The molecule has 2 aliphatic rings. The molecule has 170 valence electrons. The third kappa shape index (κ3) is 5.43. The summed E-state index contributed by atoms with van der Waals surface area (Å²) in [6.07, 6.45) is 1.44. The van der Waals surface area contributed by atoms with E-state index in [4.69, 9.17) is 0 Å². The van der Waals surface area contributed by atoms with Crippen molar-refractivity contribution in [1.29, 1.82) is 0 Å². The molecule has 0 atom stereocenters. The van der Waals surface area contributed by atoms with E-state index >= 15 is 0 Å². The van der Waals surface area contributed by atoms with Gasteiger partial charge in [0.1, 0.15) is 11.6 Å². The van der Waals surface area contributed by atoms with Gasteiger partial charge < -0.3 is 15.1 Å². The number of hydrogen-bond acceptors (Lipinski definition) is 4. The monoisotopic (exact) mass is 442 g/mol. The maximum Gasteiger partial charge on any atom is 0.238 e. The van der Waals surface area contributed by atoms with Gasteiger partial charge >= 0.3 is 0 Å². The van der Waals surface area contributed by atoms with E-state index in [1.165, 1.54) is 30.3 Å². The van der Waals surface area contributed by atoms with Crippen LogP contribution in [0.5, 0.6) is 0 Å². The fraction of sp³-hybridized carbons (Fsp3) is 0.417. The van der Waals surface area contributed by atoms with E-state index in [0.29, 0.717) is 50.6 Å². The van der Waals surface area contributed by atoms with Gasteiger partial charge in [-0.15, -0.1) is 0 Å². The van der Waals surface area contributed by atoms with Crippen molar-refractivity contribution in [2.24, 2.45) is 5.92 Å². The predicted octanol–water partition coefficient (Wildman–Crippen LogP) is 2.96. The Balaban J connectivity index is 1.20. The summed E-state index contributed by atoms with van der Waals surface area (Å²) in [5, 5.41) is 2.77. The average molecular weight is 443 g/mol. The number of halogens is 2. The minimum absolute atomic E-state index is 0.0357. The van der Waals surface area contributed by atoms with Crippen molar-refractivity contribution in [2.75, 3.05) is 56.0 Å². The molecule has 2 saturated heterocycles. The maximum absolute atomic E-state index is 14.0. The quantitative estimate of drug-likeness (QED) is 0.774. The molecule has 2 amide bonds. The predicted molar refractivity (Wildman–Crippen MR) is 119 cm³/mol. The van der Waals surface area contributed by atoms with E-state index in [0.717, 1.165) is 12.8 Å². The van der Waals surface area contributed by atoms with Crippen molar-refractivity contribution < 1.29 is 18.4 Å². The smallest absolute Gasteiger partial charge is 0.238 e. The van der Waals surface area contributed by atoms with Crippen LogP contribution in [0.3, 0.4) is 0 Å². The van der Waals surface area contributed by atoms with E-state index in [-0.39, 0.29) is 35.9 Å². The van der Waals surface area contributed by atoms with Crippen molar-refractivity contribution in [3.05, 3.63) is 60.2 Å². The molecule has 4 rings (SSSR count). The van der Waals surface area contributed by atoms with Gasteiger partial charge in [0.2, 0.25) is 11.8 Å². The largest absolute Gasteiger partial charge is 0.366 e. The van der Waals surface area contributed by atoms with Crippen LogP contribution in [0, 0.1) is 17.6 Å². The third-order valence-electron chi connectivity index (χ3n) is 6.22. The van der Waals surface area contributed by atoms with Crippen LogP contribution < -0.4 is 10.2 Å². The van der Waals surface area contributed by atoms with Crippen LogP contribution in [0.1, 0.15) is 12.8 Å². The highest BCUT2D eigenvalue weighted by Gasteiger charge is 2.31. The highest BCUT2D eigenvalue weighted by molar-refractivity contribution is 5.92. The van der Waals surface area contributed by atoms with Gasteiger partial charge in [-0.05, 0) is 62.3 Å². The number of carbonyl (C=O) groups excluding carboxylic acids is 2. The third-order valence-corrected chi connectivity index (χ3v) is 6.22. The zero-order valence-corrected chi connectivity index (χ0v) is 18.0. The Labute approximate surface area is 186 Å². The lowest BCUT2D eigenvalue weighted by molar-refractivity contribution is -0.137. The minimum atomic E-state index is -0.344. The van der Waals surface area contributed by atoms with Crippen LogP contribution in [0.4, 0.5) is 20.2 Å². The summed E-state index contributed by atoms with van der Waals surface area (Å²) >= 11 is 0. The topological polar surface area (TPSA) is 55.9 Å². The van der Waals surface area contributed by atoms with Gasteiger partial charge in [-0.2, -0.15) is 0 Å². The van der Waals surface area contributed by atoms with Crippen LogP contribution in [0.2, 0.25) is 0 Å². The lowest BCUT2D eigenvalue weighted by atomic mass is 9.95. The van der Waals surface area contributed by atoms with E-state index in [9.17, 15) is 18.4 Å². The van der Waals surface area contributed by atoms with Gasteiger partial charge in [0.15, 0.2) is 0 Å². The molecule has 0 aromatic heterocycles. The summed E-state index contributed by atoms with van der Waals surface area (Å²) in [7, 11) is 0. The number of anilines is 2. The molecule has 2 aromatic carbocycles. The molecule has 8 heteroatoms. The fourth-order valence-corrected chi connectivity index (χ4v) is 4.41. The second-order valence-electron chi connectivity index (χ2n) is 8.37. The lowest BCUT2D eigenvalue weighted by Crippen LogP contribution is -2.52. The molecule has 2 fully saturated rings. The molecule has 1 N–H and O–H groups in total. The molecule has 0 spiro atoms. The first-order valence-electron chi connectivity index (χ1n) is 11.1. The number of hydrogen-bond donors (Lipinski definition) is 1. The molecule has 0 radical (unpaired) electrons. The summed E-state index contributed by atoms with van der Waals surface area (Å²) in [4.78, 5) is 31.1. The molecule has 0 bridgehead atoms. The van der Waals surface area contributed by atoms with Crippen LogP contribution in [0.15, 0.2) is 48.5 Å². The number of nitrogens with zero attached hydrogens (tertiary/aromatic N) is 3. The Morgan fingerprint density at radius 2 is 1.53 bits per heavy atom. The second-order valence-corrected chi connectivity index (χ2v) is 8.37. The molecule has 0 unspecified atom stereocenters. The number of rotatable bonds is 5. The van der Waals surface area contributed by atoms with Gasteiger partial charge in [0, 0.05) is 37.8 Å². The zero-order valence-electron chi connectivity index (χ0n) is 18.0. The summed E-state index contributed by atoms with van der Waals surface area (Å²) < 4.78 is 27.0. The summed E-state index contributed by atoms with van der Waals surface area (Å²) in [5.74, 6) is -0.600. The van der Waals surface area contributed by atoms with E-state index < -0.39 is 0 Å². The molecule has 2 heterocycles. The van der Waals surface area contributed by atoms with Crippen molar-refractivity contribution in [3.63, 3.8) is 0 Å². The molecule has 6 nitrogen and oxygen atoms in total. The molecule has 2 aliphatic heterocycles. The zero-order chi connectivity index (χ0) is 22.5. The number of benzene rings is 2. The van der Waals surface area contributed by atoms with Crippen molar-refractivity contribution in [2.45, 2.75) is 12.8 Å². The standard InChI is InChI=1S/C24H28F2N4O2/c25-19-5-7-20(8-6-19)27-23(31)17-28-11-9-18(10-12-28)24(32)30-15-13-29(14-16-30)22-4-2-1-3-21(22)26/h1-8,18H,9-17H2,(H,27,31). The van der Waals surface area contributed by atoms with E-state index in [1.54, 1.807) is 12.1 Å². The normalized spacial score (nSPS) is 17.9. The van der Waals surface area contributed by atoms with Gasteiger partial charge in [0.05, 0.1) is 12.2 Å². The Hall–Kier alpha value is -3.00. The number of piperidine rings is 1. The number of para-hydroxylation sites is 1. The molecular weight excluding hydrogens is 414 g/mol. The molecule has 2 aromatic rings. The molecule has 32 heavy (non-hydrogen) atoms.